The van der Waals surface area contributed by atoms with Gasteiger partial charge in [0.2, 0.25) is 5.78 Å². The fraction of sp³-hybridized carbons (Fsp3) is 0.536. The highest BCUT2D eigenvalue weighted by molar-refractivity contribution is 6.25. The van der Waals surface area contributed by atoms with Gasteiger partial charge in [-0.15, -0.1) is 0 Å². The van der Waals surface area contributed by atoms with Gasteiger partial charge < -0.3 is 36.6 Å². The molecule has 6 atom stereocenters. The zero-order valence-electron chi connectivity index (χ0n) is 22.9. The summed E-state index contributed by atoms with van der Waals surface area (Å²) in [5, 5.41) is 60.0. The van der Waals surface area contributed by atoms with E-state index in [1.165, 1.54) is 19.0 Å². The molecule has 4 rings (SSSR count). The molecule has 1 amide bonds. The zero-order valence-corrected chi connectivity index (χ0v) is 22.9. The van der Waals surface area contributed by atoms with Crippen LogP contribution in [0.3, 0.4) is 0 Å². The van der Waals surface area contributed by atoms with Gasteiger partial charge in [-0.1, -0.05) is 39.8 Å². The molecule has 3 aliphatic rings. The molecule has 11 heteroatoms. The summed E-state index contributed by atoms with van der Waals surface area (Å²) in [6.45, 7) is 8.74. The van der Waals surface area contributed by atoms with Crippen LogP contribution in [0, 0.1) is 17.3 Å². The van der Waals surface area contributed by atoms with Gasteiger partial charge in [-0.2, -0.15) is 0 Å². The number of nitrogens with two attached hydrogens (primary N) is 1. The number of aromatic hydroxyl groups is 1. The molecule has 212 valence electrons. The number of phenolic OH excluding ortho intramolecular Hbond substituents is 1. The minimum atomic E-state index is -2.93. The van der Waals surface area contributed by atoms with Crippen LogP contribution < -0.4 is 11.1 Å². The minimum absolute atomic E-state index is 0.0220. The first kappa shape index (κ1) is 28.8. The van der Waals surface area contributed by atoms with Gasteiger partial charge in [-0.25, -0.2) is 0 Å². The van der Waals surface area contributed by atoms with Gasteiger partial charge in [0.15, 0.2) is 11.4 Å². The average molecular weight is 544 g/mol. The maximum Gasteiger partial charge on any atom is 0.255 e. The Balaban J connectivity index is 1.90. The predicted octanol–water partition coefficient (Wildman–Crippen LogP) is 0.788. The van der Waals surface area contributed by atoms with Gasteiger partial charge in [0.25, 0.3) is 5.91 Å². The monoisotopic (exact) mass is 543 g/mol. The first-order valence-corrected chi connectivity index (χ1v) is 12.8. The summed E-state index contributed by atoms with van der Waals surface area (Å²) in [6.07, 6.45) is -1.61. The van der Waals surface area contributed by atoms with Crippen LogP contribution in [0.2, 0.25) is 0 Å². The lowest BCUT2D eigenvalue weighted by molar-refractivity contribution is -0.162. The van der Waals surface area contributed by atoms with E-state index in [4.69, 9.17) is 5.73 Å². The summed E-state index contributed by atoms with van der Waals surface area (Å²) in [7, 11) is 2.99. The highest BCUT2D eigenvalue weighted by Crippen LogP contribution is 2.55. The van der Waals surface area contributed by atoms with Gasteiger partial charge in [0.05, 0.1) is 23.6 Å². The number of fused-ring (bicyclic) bond motifs is 3. The van der Waals surface area contributed by atoms with Gasteiger partial charge in [0.1, 0.15) is 22.8 Å². The second-order valence-corrected chi connectivity index (χ2v) is 12.3. The van der Waals surface area contributed by atoms with Gasteiger partial charge in [-0.05, 0) is 31.0 Å². The number of ketones is 2. The lowest BCUT2D eigenvalue weighted by Crippen LogP contribution is -2.68. The standard InChI is InChI=1S/C28H37N3O8/c1-11-13-8-7-12(9-30-10-27(2,3)4)20(32)15(13)21(33)16-14(11)22(34)18-19(31(5)6)23(35)17(26(29)38)25(37)28(18,39)24(16)36/h7-8,11,14,18-19,22,30,32,34-36,39H,9-10H2,1-6H3,(H2,29,38)/t11-,14+,18+,19-,22-,28-/m0/s1. The first-order chi connectivity index (χ1) is 18.0. The summed E-state index contributed by atoms with van der Waals surface area (Å²) < 4.78 is 0. The van der Waals surface area contributed by atoms with Crippen molar-refractivity contribution in [3.8, 4) is 5.75 Å². The summed E-state index contributed by atoms with van der Waals surface area (Å²) in [5.41, 5.74) is 1.84. The van der Waals surface area contributed by atoms with E-state index in [1.807, 2.05) is 20.8 Å². The Kier molecular flexibility index (Phi) is 6.96. The molecular formula is C28H37N3O8. The molecule has 0 aromatic heterocycles. The number of aliphatic hydroxyl groups is 4. The van der Waals surface area contributed by atoms with Crippen LogP contribution in [0.5, 0.6) is 5.75 Å². The highest BCUT2D eigenvalue weighted by Gasteiger charge is 2.67. The number of phenols is 1. The molecule has 0 radical (unpaired) electrons. The molecule has 8 N–H and O–H groups in total. The molecule has 11 nitrogen and oxygen atoms in total. The summed E-state index contributed by atoms with van der Waals surface area (Å²) in [6, 6.07) is 2.08. The number of nitrogens with zero attached hydrogens (tertiary/aromatic N) is 1. The topological polar surface area (TPSA) is 194 Å². The van der Waals surface area contributed by atoms with Crippen LogP contribution in [-0.4, -0.2) is 86.3 Å². The molecule has 39 heavy (non-hydrogen) atoms. The van der Waals surface area contributed by atoms with Crippen molar-refractivity contribution in [1.82, 2.24) is 10.2 Å². The number of hydrogen-bond acceptors (Lipinski definition) is 10. The third kappa shape index (κ3) is 4.15. The van der Waals surface area contributed by atoms with Crippen molar-refractivity contribution >= 4 is 17.5 Å². The summed E-state index contributed by atoms with van der Waals surface area (Å²) in [4.78, 5) is 40.8. The Hall–Kier alpha value is -3.25. The molecule has 0 saturated heterocycles. The second-order valence-electron chi connectivity index (χ2n) is 12.3. The number of likely N-dealkylation sites (N-methyl/N-ethyl adjacent to an activating group) is 1. The maximum absolute atomic E-state index is 13.9. The summed E-state index contributed by atoms with van der Waals surface area (Å²) in [5.74, 6) is -8.91. The quantitative estimate of drug-likeness (QED) is 0.261. The van der Waals surface area contributed by atoms with Crippen LogP contribution in [0.25, 0.3) is 0 Å². The molecule has 0 saturated carbocycles. The van der Waals surface area contributed by atoms with Crippen molar-refractivity contribution in [2.75, 3.05) is 20.6 Å². The number of benzene rings is 1. The third-order valence-corrected chi connectivity index (χ3v) is 8.19. The van der Waals surface area contributed by atoms with Gasteiger partial charge in [-0.3, -0.25) is 19.3 Å². The van der Waals surface area contributed by atoms with Gasteiger partial charge >= 0.3 is 0 Å². The smallest absolute Gasteiger partial charge is 0.255 e. The number of Topliss-reactive ketones (excluding diaryl/α,β-unsaturated/α-hetero) is 2. The lowest BCUT2D eigenvalue weighted by atomic mass is 9.55. The zero-order chi connectivity index (χ0) is 29.4. The first-order valence-electron chi connectivity index (χ1n) is 12.8. The SMILES string of the molecule is C[C@H]1c2ccc(CNCC(C)(C)C)c(O)c2C(=O)C2=C(O)[C@]3(O)C(=O)C(C(N)=O)=C(O)[C@@H](N(C)C)[C@@H]3[C@@H](O)[C@@H]21. The predicted molar refractivity (Wildman–Crippen MR) is 141 cm³/mol. The number of aliphatic hydroxyl groups excluding tert-OH is 3. The number of primary amides is 1. The largest absolute Gasteiger partial charge is 0.510 e. The number of hydrogen-bond donors (Lipinski definition) is 7. The molecule has 1 aromatic carbocycles. The van der Waals surface area contributed by atoms with E-state index < -0.39 is 75.6 Å². The van der Waals surface area contributed by atoms with Crippen molar-refractivity contribution in [1.29, 1.82) is 0 Å². The van der Waals surface area contributed by atoms with E-state index in [-0.39, 0.29) is 23.3 Å². The number of carbonyl (C=O) groups is 3. The molecule has 0 spiro atoms. The molecule has 3 aliphatic carbocycles. The maximum atomic E-state index is 13.9. The van der Waals surface area contributed by atoms with Crippen LogP contribution in [0.4, 0.5) is 0 Å². The number of carbonyl (C=O) groups excluding carboxylic acids is 3. The molecule has 0 fully saturated rings. The Morgan fingerprint density at radius 1 is 1.15 bits per heavy atom. The van der Waals surface area contributed by atoms with E-state index in [0.29, 0.717) is 17.7 Å². The van der Waals surface area contributed by atoms with E-state index >= 15 is 0 Å². The fourth-order valence-electron chi connectivity index (χ4n) is 6.38. The van der Waals surface area contributed by atoms with Crippen molar-refractivity contribution in [2.24, 2.45) is 23.0 Å². The van der Waals surface area contributed by atoms with Crippen molar-refractivity contribution in [3.05, 3.63) is 51.5 Å². The Morgan fingerprint density at radius 2 is 1.77 bits per heavy atom. The molecular weight excluding hydrogens is 506 g/mol. The normalized spacial score (nSPS) is 30.8. The Morgan fingerprint density at radius 3 is 2.31 bits per heavy atom. The minimum Gasteiger partial charge on any atom is -0.510 e. The van der Waals surface area contributed by atoms with Crippen molar-refractivity contribution in [3.63, 3.8) is 0 Å². The van der Waals surface area contributed by atoms with E-state index in [1.54, 1.807) is 19.1 Å². The summed E-state index contributed by atoms with van der Waals surface area (Å²) >= 11 is 0. The Bertz CT molecular complexity index is 1320. The molecule has 0 aliphatic heterocycles. The Labute approximate surface area is 226 Å². The van der Waals surface area contributed by atoms with E-state index in [0.717, 1.165) is 0 Å². The van der Waals surface area contributed by atoms with Crippen LogP contribution >= 0.6 is 0 Å². The molecule has 0 unspecified atom stereocenters. The van der Waals surface area contributed by atoms with Crippen LogP contribution in [0.15, 0.2) is 34.8 Å². The number of amides is 1. The van der Waals surface area contributed by atoms with Gasteiger partial charge in [0, 0.05) is 30.1 Å². The molecule has 0 bridgehead atoms. The fourth-order valence-corrected chi connectivity index (χ4v) is 6.38. The molecule has 0 heterocycles. The third-order valence-electron chi connectivity index (χ3n) is 8.19. The van der Waals surface area contributed by atoms with E-state index in [9.17, 15) is 39.9 Å². The van der Waals surface area contributed by atoms with Crippen molar-refractivity contribution < 1.29 is 39.9 Å². The average Bonchev–Trinajstić information content (AvgIpc) is 2.81. The number of rotatable bonds is 5. The second kappa shape index (κ2) is 9.44. The molecule has 1 aromatic rings. The van der Waals surface area contributed by atoms with Crippen LogP contribution in [-0.2, 0) is 16.1 Å². The van der Waals surface area contributed by atoms with Crippen LogP contribution in [0.1, 0.15) is 55.1 Å². The highest BCUT2D eigenvalue weighted by atomic mass is 16.4. The van der Waals surface area contributed by atoms with E-state index in [2.05, 4.69) is 5.32 Å². The lowest BCUT2D eigenvalue weighted by Gasteiger charge is -2.53. The number of nitrogens with one attached hydrogen (secondary N) is 1. The van der Waals surface area contributed by atoms with Crippen molar-refractivity contribution in [2.45, 2.75) is 57.9 Å².